The average Bonchev–Trinajstić information content (AvgIpc) is 3.09. The molecular formula is C26H24O. The second kappa shape index (κ2) is 6.20. The van der Waals surface area contributed by atoms with E-state index in [1.165, 1.54) is 23.1 Å². The zero-order valence-electron chi connectivity index (χ0n) is 15.5. The quantitative estimate of drug-likeness (QED) is 0.544. The molecule has 0 amide bonds. The van der Waals surface area contributed by atoms with Gasteiger partial charge in [-0.3, -0.25) is 4.79 Å². The van der Waals surface area contributed by atoms with Crippen molar-refractivity contribution in [1.29, 1.82) is 0 Å². The SMILES string of the molecule is O=C1CC2CCCC12C(c1ccccc1)(c1ccccc1)c1ccccc1. The molecule has 0 saturated heterocycles. The lowest BCUT2D eigenvalue weighted by Gasteiger charge is -2.57. The molecule has 0 spiro atoms. The van der Waals surface area contributed by atoms with Gasteiger partial charge in [0.1, 0.15) is 5.78 Å². The second-order valence-electron chi connectivity index (χ2n) is 8.04. The van der Waals surface area contributed by atoms with Crippen LogP contribution in [0, 0.1) is 11.3 Å². The number of ketones is 1. The van der Waals surface area contributed by atoms with E-state index in [0.717, 1.165) is 19.3 Å². The molecule has 1 heteroatoms. The average molecular weight is 352 g/mol. The van der Waals surface area contributed by atoms with Crippen LogP contribution >= 0.6 is 0 Å². The number of rotatable bonds is 4. The fraction of sp³-hybridized carbons (Fsp3) is 0.269. The fourth-order valence-corrected chi connectivity index (χ4v) is 6.04. The molecule has 2 fully saturated rings. The molecule has 2 aliphatic rings. The van der Waals surface area contributed by atoms with Crippen LogP contribution in [0.4, 0.5) is 0 Å². The summed E-state index contributed by atoms with van der Waals surface area (Å²) in [6.45, 7) is 0. The minimum Gasteiger partial charge on any atom is -0.299 e. The number of benzene rings is 3. The molecule has 1 nitrogen and oxygen atoms in total. The fourth-order valence-electron chi connectivity index (χ4n) is 6.04. The van der Waals surface area contributed by atoms with Crippen LogP contribution in [0.3, 0.4) is 0 Å². The van der Waals surface area contributed by atoms with Gasteiger partial charge in [0.2, 0.25) is 0 Å². The van der Waals surface area contributed by atoms with Crippen molar-refractivity contribution in [3.05, 3.63) is 108 Å². The number of hydrogen-bond acceptors (Lipinski definition) is 1. The van der Waals surface area contributed by atoms with E-state index in [9.17, 15) is 4.79 Å². The van der Waals surface area contributed by atoms with Crippen molar-refractivity contribution in [2.45, 2.75) is 31.1 Å². The van der Waals surface area contributed by atoms with Gasteiger partial charge >= 0.3 is 0 Å². The Bertz CT molecular complexity index is 849. The van der Waals surface area contributed by atoms with E-state index < -0.39 is 5.41 Å². The Kier molecular flexibility index (Phi) is 3.79. The number of carbonyl (C=O) groups excluding carboxylic acids is 1. The summed E-state index contributed by atoms with van der Waals surface area (Å²) in [7, 11) is 0. The summed E-state index contributed by atoms with van der Waals surface area (Å²) in [6, 6.07) is 32.2. The van der Waals surface area contributed by atoms with Crippen LogP contribution in [0.2, 0.25) is 0 Å². The van der Waals surface area contributed by atoms with Crippen LogP contribution in [0.1, 0.15) is 42.4 Å². The maximum Gasteiger partial charge on any atom is 0.141 e. The summed E-state index contributed by atoms with van der Waals surface area (Å²) >= 11 is 0. The summed E-state index contributed by atoms with van der Waals surface area (Å²) in [6.07, 6.45) is 4.04. The van der Waals surface area contributed by atoms with Crippen molar-refractivity contribution in [1.82, 2.24) is 0 Å². The van der Waals surface area contributed by atoms with Gasteiger partial charge in [-0.05, 0) is 35.4 Å². The highest BCUT2D eigenvalue weighted by Gasteiger charge is 2.68. The van der Waals surface area contributed by atoms with Gasteiger partial charge in [0.05, 0.1) is 5.41 Å². The van der Waals surface area contributed by atoms with Crippen LogP contribution in [0.25, 0.3) is 0 Å². The van der Waals surface area contributed by atoms with Gasteiger partial charge in [-0.1, -0.05) is 97.4 Å². The Labute approximate surface area is 161 Å². The van der Waals surface area contributed by atoms with E-state index in [1.807, 2.05) is 0 Å². The molecule has 0 heterocycles. The molecular weight excluding hydrogens is 328 g/mol. The van der Waals surface area contributed by atoms with Crippen molar-refractivity contribution in [2.24, 2.45) is 11.3 Å². The maximum absolute atomic E-state index is 13.4. The Morgan fingerprint density at radius 1 is 0.704 bits per heavy atom. The van der Waals surface area contributed by atoms with Crippen LogP contribution in [-0.2, 0) is 10.2 Å². The van der Waals surface area contributed by atoms with Crippen molar-refractivity contribution < 1.29 is 4.79 Å². The third-order valence-corrected chi connectivity index (χ3v) is 7.04. The van der Waals surface area contributed by atoms with Gasteiger partial charge in [-0.25, -0.2) is 0 Å². The molecule has 2 aliphatic carbocycles. The van der Waals surface area contributed by atoms with Gasteiger partial charge in [0.15, 0.2) is 0 Å². The molecule has 0 bridgehead atoms. The van der Waals surface area contributed by atoms with Crippen molar-refractivity contribution in [3.8, 4) is 0 Å². The standard InChI is InChI=1S/C26H24O/c27-24-19-23-17-10-18-25(23,24)26(20-11-4-1-5-12-20,21-13-6-2-7-14-21)22-15-8-3-9-16-22/h1-9,11-16,23H,10,17-19H2. The largest absolute Gasteiger partial charge is 0.299 e. The van der Waals surface area contributed by atoms with E-state index >= 15 is 0 Å². The van der Waals surface area contributed by atoms with E-state index in [4.69, 9.17) is 0 Å². The summed E-state index contributed by atoms with van der Waals surface area (Å²) in [5.41, 5.74) is 2.97. The zero-order chi connectivity index (χ0) is 18.3. The lowest BCUT2D eigenvalue weighted by molar-refractivity contribution is -0.148. The third kappa shape index (κ3) is 2.09. The molecule has 0 aromatic heterocycles. The van der Waals surface area contributed by atoms with Crippen LogP contribution < -0.4 is 0 Å². The molecule has 2 unspecified atom stereocenters. The molecule has 3 aromatic rings. The summed E-state index contributed by atoms with van der Waals surface area (Å²) in [5.74, 6) is 0.923. The summed E-state index contributed by atoms with van der Waals surface area (Å²) in [5, 5.41) is 0. The van der Waals surface area contributed by atoms with Gasteiger partial charge in [-0.2, -0.15) is 0 Å². The van der Waals surface area contributed by atoms with Crippen molar-refractivity contribution in [3.63, 3.8) is 0 Å². The van der Waals surface area contributed by atoms with Crippen molar-refractivity contribution >= 4 is 5.78 Å². The lowest BCUT2D eigenvalue weighted by Crippen LogP contribution is -2.61. The number of fused-ring (bicyclic) bond motifs is 1. The summed E-state index contributed by atoms with van der Waals surface area (Å²) < 4.78 is 0. The second-order valence-corrected chi connectivity index (χ2v) is 8.04. The molecule has 27 heavy (non-hydrogen) atoms. The first-order valence-corrected chi connectivity index (χ1v) is 10.00. The maximum atomic E-state index is 13.4. The molecule has 0 N–H and O–H groups in total. The molecule has 2 atom stereocenters. The number of Topliss-reactive ketones (excluding diaryl/α,β-unsaturated/α-hetero) is 1. The molecule has 134 valence electrons. The van der Waals surface area contributed by atoms with Gasteiger partial charge in [0, 0.05) is 11.8 Å². The Morgan fingerprint density at radius 3 is 1.52 bits per heavy atom. The number of carbonyl (C=O) groups is 1. The first-order chi connectivity index (χ1) is 13.3. The molecule has 0 radical (unpaired) electrons. The topological polar surface area (TPSA) is 17.1 Å². The normalized spacial score (nSPS) is 24.3. The lowest BCUT2D eigenvalue weighted by atomic mass is 9.43. The monoisotopic (exact) mass is 352 g/mol. The predicted molar refractivity (Wildman–Crippen MR) is 109 cm³/mol. The van der Waals surface area contributed by atoms with E-state index in [-0.39, 0.29) is 5.41 Å². The van der Waals surface area contributed by atoms with Gasteiger partial charge in [-0.15, -0.1) is 0 Å². The van der Waals surface area contributed by atoms with Gasteiger partial charge < -0.3 is 0 Å². The van der Waals surface area contributed by atoms with Gasteiger partial charge in [0.25, 0.3) is 0 Å². The highest BCUT2D eigenvalue weighted by Crippen LogP contribution is 2.68. The molecule has 0 aliphatic heterocycles. The molecule has 2 saturated carbocycles. The van der Waals surface area contributed by atoms with E-state index in [1.54, 1.807) is 0 Å². The Balaban J connectivity index is 1.91. The minimum absolute atomic E-state index is 0.322. The molecule has 3 aromatic carbocycles. The first kappa shape index (κ1) is 16.5. The summed E-state index contributed by atoms with van der Waals surface area (Å²) in [4.78, 5) is 13.4. The highest BCUT2D eigenvalue weighted by atomic mass is 16.1. The first-order valence-electron chi connectivity index (χ1n) is 10.00. The Hall–Kier alpha value is -2.67. The third-order valence-electron chi connectivity index (χ3n) is 7.04. The van der Waals surface area contributed by atoms with Crippen LogP contribution in [0.5, 0.6) is 0 Å². The van der Waals surface area contributed by atoms with E-state index in [0.29, 0.717) is 11.7 Å². The molecule has 5 rings (SSSR count). The van der Waals surface area contributed by atoms with E-state index in [2.05, 4.69) is 91.0 Å². The van der Waals surface area contributed by atoms with Crippen LogP contribution in [0.15, 0.2) is 91.0 Å². The zero-order valence-corrected chi connectivity index (χ0v) is 15.5. The highest BCUT2D eigenvalue weighted by molar-refractivity contribution is 5.95. The minimum atomic E-state index is -0.423. The smallest absolute Gasteiger partial charge is 0.141 e. The number of hydrogen-bond donors (Lipinski definition) is 0. The van der Waals surface area contributed by atoms with Crippen LogP contribution in [-0.4, -0.2) is 5.78 Å². The van der Waals surface area contributed by atoms with Crippen molar-refractivity contribution in [2.75, 3.05) is 0 Å². The Morgan fingerprint density at radius 2 is 1.15 bits per heavy atom. The predicted octanol–water partition coefficient (Wildman–Crippen LogP) is 5.78.